The molecule has 1 aliphatic carbocycles. The summed E-state index contributed by atoms with van der Waals surface area (Å²) in [5, 5.41) is 20.0. The maximum Gasteiger partial charge on any atom is 0.132 e. The third kappa shape index (κ3) is 7.82. The maximum absolute atomic E-state index is 9.98. The maximum atomic E-state index is 9.98. The molecule has 0 amide bonds. The number of benzene rings is 6. The molecule has 0 radical (unpaired) electrons. The molecular weight excluding hydrogens is 685 g/mol. The molecule has 0 heterocycles. The number of para-hydroxylation sites is 2. The van der Waals surface area contributed by atoms with Gasteiger partial charge in [0.25, 0.3) is 0 Å². The van der Waals surface area contributed by atoms with Gasteiger partial charge in [0.2, 0.25) is 0 Å². The molecule has 4 unspecified atom stereocenters. The number of aliphatic hydroxyl groups excluding tert-OH is 2. The molecule has 6 heteroatoms. The lowest BCUT2D eigenvalue weighted by Crippen LogP contribution is -2.32. The molecule has 282 valence electrons. The molecule has 0 bridgehead atoms. The van der Waals surface area contributed by atoms with Gasteiger partial charge in [-0.05, 0) is 61.1 Å². The average Bonchev–Trinajstić information content (AvgIpc) is 3.51. The van der Waals surface area contributed by atoms with Crippen molar-refractivity contribution in [1.82, 2.24) is 0 Å². The van der Waals surface area contributed by atoms with Crippen molar-refractivity contribution in [3.8, 4) is 44.9 Å². The van der Waals surface area contributed by atoms with Gasteiger partial charge >= 0.3 is 0 Å². The lowest BCUT2D eigenvalue weighted by molar-refractivity contribution is -0.0135. The number of ether oxygens (including phenoxy) is 4. The molecule has 0 saturated carbocycles. The summed E-state index contributed by atoms with van der Waals surface area (Å²) < 4.78 is 26.1. The van der Waals surface area contributed by atoms with E-state index < -0.39 is 17.6 Å². The summed E-state index contributed by atoms with van der Waals surface area (Å²) >= 11 is 0. The van der Waals surface area contributed by atoms with E-state index in [9.17, 15) is 10.2 Å². The largest absolute Gasteiger partial charge is 0.490 e. The fourth-order valence-corrected chi connectivity index (χ4v) is 7.73. The highest BCUT2D eigenvalue weighted by Crippen LogP contribution is 2.61. The smallest absolute Gasteiger partial charge is 0.132 e. The Morgan fingerprint density at radius 1 is 0.400 bits per heavy atom. The van der Waals surface area contributed by atoms with E-state index in [4.69, 9.17) is 18.9 Å². The normalized spacial score (nSPS) is 15.0. The Morgan fingerprint density at radius 2 is 0.745 bits per heavy atom. The Hall–Kier alpha value is -5.24. The summed E-state index contributed by atoms with van der Waals surface area (Å²) in [6.45, 7) is 8.36. The molecule has 0 spiro atoms. The van der Waals surface area contributed by atoms with Gasteiger partial charge in [-0.25, -0.2) is 0 Å². The van der Waals surface area contributed by atoms with Crippen molar-refractivity contribution in [3.63, 3.8) is 0 Å². The van der Waals surface area contributed by atoms with Crippen LogP contribution < -0.4 is 9.47 Å². The monoisotopic (exact) mass is 734 g/mol. The molecule has 6 aromatic carbocycles. The van der Waals surface area contributed by atoms with Crippen LogP contribution in [-0.4, -0.2) is 61.1 Å². The van der Waals surface area contributed by atoms with Gasteiger partial charge in [0.15, 0.2) is 0 Å². The van der Waals surface area contributed by atoms with Gasteiger partial charge in [-0.1, -0.05) is 146 Å². The van der Waals surface area contributed by atoms with E-state index in [0.29, 0.717) is 0 Å². The molecular formula is C49H50O6. The zero-order valence-electron chi connectivity index (χ0n) is 32.0. The van der Waals surface area contributed by atoms with Crippen LogP contribution in [0.4, 0.5) is 0 Å². The molecule has 0 saturated heterocycles. The third-order valence-corrected chi connectivity index (χ3v) is 10.1. The minimum Gasteiger partial charge on any atom is -0.490 e. The predicted octanol–water partition coefficient (Wildman–Crippen LogP) is 9.71. The Kier molecular flexibility index (Phi) is 11.8. The van der Waals surface area contributed by atoms with Gasteiger partial charge < -0.3 is 29.2 Å². The summed E-state index contributed by atoms with van der Waals surface area (Å²) in [4.78, 5) is 0. The van der Waals surface area contributed by atoms with Crippen LogP contribution >= 0.6 is 0 Å². The van der Waals surface area contributed by atoms with E-state index in [1.165, 1.54) is 0 Å². The molecule has 2 N–H and O–H groups in total. The topological polar surface area (TPSA) is 77.4 Å². The van der Waals surface area contributed by atoms with Crippen LogP contribution in [0.25, 0.3) is 33.4 Å². The van der Waals surface area contributed by atoms with E-state index in [1.54, 1.807) is 13.8 Å². The zero-order chi connectivity index (χ0) is 38.4. The van der Waals surface area contributed by atoms with Crippen molar-refractivity contribution >= 4 is 0 Å². The molecule has 0 fully saturated rings. The van der Waals surface area contributed by atoms with Crippen LogP contribution in [0.1, 0.15) is 49.9 Å². The SMILES string of the molecule is CC(O)COC(C)COc1c(-c2ccccc2)cccc1C1(c2cccc(-c3ccccc3)c2OCC(C)OCC(C)O)c2ccccc2-c2ccccc21. The lowest BCUT2D eigenvalue weighted by Gasteiger charge is -2.37. The van der Waals surface area contributed by atoms with Gasteiger partial charge in [-0.2, -0.15) is 0 Å². The number of hydrogen-bond donors (Lipinski definition) is 2. The van der Waals surface area contributed by atoms with Crippen molar-refractivity contribution in [1.29, 1.82) is 0 Å². The van der Waals surface area contributed by atoms with Gasteiger partial charge in [-0.3, -0.25) is 0 Å². The zero-order valence-corrected chi connectivity index (χ0v) is 32.0. The molecule has 4 atom stereocenters. The van der Waals surface area contributed by atoms with E-state index in [2.05, 4.69) is 109 Å². The molecule has 6 aromatic rings. The summed E-state index contributed by atoms with van der Waals surface area (Å²) in [6, 6.07) is 50.9. The second-order valence-corrected chi connectivity index (χ2v) is 14.5. The van der Waals surface area contributed by atoms with Crippen molar-refractivity contribution in [2.45, 2.75) is 57.5 Å². The van der Waals surface area contributed by atoms with Gasteiger partial charge in [0.1, 0.15) is 24.7 Å². The molecule has 1 aliphatic rings. The van der Waals surface area contributed by atoms with Crippen LogP contribution in [0.3, 0.4) is 0 Å². The van der Waals surface area contributed by atoms with Gasteiger partial charge in [-0.15, -0.1) is 0 Å². The standard InChI is InChI=1S/C49H50O6/c1-33(50)29-52-35(3)31-54-47-39(37-17-7-5-8-18-37)23-15-27-45(47)49(43-25-13-11-21-41(43)42-22-12-14-26-44(42)49)46-28-16-24-40(38-19-9-6-10-20-38)48(46)55-32-36(4)53-30-34(2)51/h5-28,33-36,50-51H,29-32H2,1-4H3. The van der Waals surface area contributed by atoms with Crippen LogP contribution in [0.15, 0.2) is 146 Å². The third-order valence-electron chi connectivity index (χ3n) is 10.1. The van der Waals surface area contributed by atoms with Crippen LogP contribution in [-0.2, 0) is 14.9 Å². The van der Waals surface area contributed by atoms with E-state index in [0.717, 1.165) is 67.1 Å². The first-order valence-corrected chi connectivity index (χ1v) is 19.2. The minimum atomic E-state index is -0.888. The lowest BCUT2D eigenvalue weighted by atomic mass is 9.66. The minimum absolute atomic E-state index is 0.217. The Bertz CT molecular complexity index is 2020. The quantitative estimate of drug-likeness (QED) is 0.103. The second kappa shape index (κ2) is 17.1. The highest BCUT2D eigenvalue weighted by molar-refractivity contribution is 5.90. The Labute approximate surface area is 324 Å². The van der Waals surface area contributed by atoms with E-state index in [1.807, 2.05) is 50.2 Å². The number of hydrogen-bond acceptors (Lipinski definition) is 6. The van der Waals surface area contributed by atoms with E-state index in [-0.39, 0.29) is 38.6 Å². The van der Waals surface area contributed by atoms with Gasteiger partial charge in [0, 0.05) is 22.3 Å². The number of aliphatic hydroxyl groups is 2. The summed E-state index contributed by atoms with van der Waals surface area (Å²) in [6.07, 6.45) is -1.73. The van der Waals surface area contributed by atoms with Crippen LogP contribution in [0.5, 0.6) is 11.5 Å². The predicted molar refractivity (Wildman–Crippen MR) is 220 cm³/mol. The van der Waals surface area contributed by atoms with Crippen molar-refractivity contribution in [2.75, 3.05) is 26.4 Å². The van der Waals surface area contributed by atoms with Crippen molar-refractivity contribution in [3.05, 3.63) is 168 Å². The number of rotatable bonds is 16. The van der Waals surface area contributed by atoms with Crippen molar-refractivity contribution < 1.29 is 29.2 Å². The molecule has 7 rings (SSSR count). The van der Waals surface area contributed by atoms with Crippen molar-refractivity contribution in [2.24, 2.45) is 0 Å². The number of fused-ring (bicyclic) bond motifs is 3. The summed E-state index contributed by atoms with van der Waals surface area (Å²) in [7, 11) is 0. The summed E-state index contributed by atoms with van der Waals surface area (Å²) in [5.74, 6) is 1.50. The molecule has 6 nitrogen and oxygen atoms in total. The first-order valence-electron chi connectivity index (χ1n) is 19.2. The Morgan fingerprint density at radius 3 is 1.15 bits per heavy atom. The summed E-state index contributed by atoms with van der Waals surface area (Å²) in [5.41, 5.74) is 9.59. The first kappa shape index (κ1) is 38.1. The van der Waals surface area contributed by atoms with Crippen LogP contribution in [0, 0.1) is 0 Å². The van der Waals surface area contributed by atoms with E-state index >= 15 is 0 Å². The van der Waals surface area contributed by atoms with Crippen LogP contribution in [0.2, 0.25) is 0 Å². The second-order valence-electron chi connectivity index (χ2n) is 14.5. The Balaban J connectivity index is 1.53. The fourth-order valence-electron chi connectivity index (χ4n) is 7.73. The average molecular weight is 735 g/mol. The molecule has 0 aliphatic heterocycles. The molecule has 55 heavy (non-hydrogen) atoms. The first-order chi connectivity index (χ1) is 26.8. The molecule has 0 aromatic heterocycles. The van der Waals surface area contributed by atoms with Gasteiger partial charge in [0.05, 0.1) is 43.0 Å². The fraction of sp³-hybridized carbons (Fsp3) is 0.265. The highest BCUT2D eigenvalue weighted by atomic mass is 16.5. The highest BCUT2D eigenvalue weighted by Gasteiger charge is 2.50.